The largest absolute Gasteiger partial charge is 0.468 e. The average molecular weight is 506 g/mol. The molecule has 0 radical (unpaired) electrons. The van der Waals surface area contributed by atoms with Crippen molar-refractivity contribution in [3.8, 4) is 11.1 Å². The fraction of sp³-hybridized carbons (Fsp3) is 0.219. The molecule has 1 aromatic heterocycles. The smallest absolute Gasteiger partial charge is 0.327 e. The summed E-state index contributed by atoms with van der Waals surface area (Å²) in [6, 6.07) is 29.2. The highest BCUT2D eigenvalue weighted by molar-refractivity contribution is 6.03. The van der Waals surface area contributed by atoms with Crippen molar-refractivity contribution in [1.82, 2.24) is 9.88 Å². The summed E-state index contributed by atoms with van der Waals surface area (Å²) < 4.78 is 5.12. The zero-order chi connectivity index (χ0) is 26.3. The lowest BCUT2D eigenvalue weighted by atomic mass is 9.94. The first-order valence-corrected chi connectivity index (χ1v) is 12.9. The normalized spacial score (nSPS) is 14.6. The van der Waals surface area contributed by atoms with Gasteiger partial charge in [-0.25, -0.2) is 4.79 Å². The standard InChI is InChI=1S/C32H31N3O3/c1-38-32(37)31(26-7-3-2-4-8-26)35-21-19-34(20-22-35)27-13-11-24(12-14-27)23-30(36)29-10-6-5-9-28(29)25-15-17-33-18-16-25/h2-18,31H,19-23H2,1H3. The summed E-state index contributed by atoms with van der Waals surface area (Å²) in [5.41, 5.74) is 5.68. The Morgan fingerprint density at radius 2 is 1.47 bits per heavy atom. The number of piperazine rings is 1. The molecule has 5 rings (SSSR count). The Bertz CT molecular complexity index is 1370. The van der Waals surface area contributed by atoms with Crippen LogP contribution in [0.2, 0.25) is 0 Å². The molecule has 0 aliphatic carbocycles. The number of Topliss-reactive ketones (excluding diaryl/α,β-unsaturated/α-hetero) is 1. The van der Waals surface area contributed by atoms with Crippen LogP contribution in [0, 0.1) is 0 Å². The Morgan fingerprint density at radius 3 is 2.16 bits per heavy atom. The van der Waals surface area contributed by atoms with Crippen molar-refractivity contribution in [2.45, 2.75) is 12.5 Å². The number of carbonyl (C=O) groups excluding carboxylic acids is 2. The second kappa shape index (κ2) is 11.8. The third-order valence-corrected chi connectivity index (χ3v) is 7.10. The number of benzene rings is 3. The van der Waals surface area contributed by atoms with Crippen LogP contribution in [-0.2, 0) is 16.0 Å². The quantitative estimate of drug-likeness (QED) is 0.242. The second-order valence-electron chi connectivity index (χ2n) is 9.41. The summed E-state index contributed by atoms with van der Waals surface area (Å²) in [6.45, 7) is 3.11. The van der Waals surface area contributed by atoms with Crippen molar-refractivity contribution < 1.29 is 14.3 Å². The van der Waals surface area contributed by atoms with Crippen LogP contribution >= 0.6 is 0 Å². The molecule has 0 amide bonds. The Morgan fingerprint density at radius 1 is 0.816 bits per heavy atom. The molecule has 0 N–H and O–H groups in total. The minimum Gasteiger partial charge on any atom is -0.468 e. The molecule has 1 aliphatic heterocycles. The molecule has 38 heavy (non-hydrogen) atoms. The van der Waals surface area contributed by atoms with E-state index in [0.29, 0.717) is 6.42 Å². The summed E-state index contributed by atoms with van der Waals surface area (Å²) in [4.78, 5) is 34.4. The molecule has 192 valence electrons. The monoisotopic (exact) mass is 505 g/mol. The highest BCUT2D eigenvalue weighted by atomic mass is 16.5. The average Bonchev–Trinajstić information content (AvgIpc) is 2.99. The van der Waals surface area contributed by atoms with E-state index in [0.717, 1.165) is 59.7 Å². The van der Waals surface area contributed by atoms with Gasteiger partial charge < -0.3 is 9.64 Å². The van der Waals surface area contributed by atoms with Crippen LogP contribution in [0.5, 0.6) is 0 Å². The first-order chi connectivity index (χ1) is 18.6. The van der Waals surface area contributed by atoms with E-state index >= 15 is 0 Å². The van der Waals surface area contributed by atoms with Crippen LogP contribution in [0.3, 0.4) is 0 Å². The predicted molar refractivity (Wildman–Crippen MR) is 149 cm³/mol. The lowest BCUT2D eigenvalue weighted by Gasteiger charge is -2.39. The predicted octanol–water partition coefficient (Wildman–Crippen LogP) is 5.21. The van der Waals surface area contributed by atoms with Gasteiger partial charge in [0.1, 0.15) is 6.04 Å². The number of nitrogens with zero attached hydrogens (tertiary/aromatic N) is 3. The van der Waals surface area contributed by atoms with Crippen molar-refractivity contribution in [1.29, 1.82) is 0 Å². The molecule has 0 saturated carbocycles. The number of hydrogen-bond acceptors (Lipinski definition) is 6. The summed E-state index contributed by atoms with van der Waals surface area (Å²) in [5, 5.41) is 0. The molecule has 1 unspecified atom stereocenters. The lowest BCUT2D eigenvalue weighted by Crippen LogP contribution is -2.49. The van der Waals surface area contributed by atoms with Crippen molar-refractivity contribution in [3.63, 3.8) is 0 Å². The molecule has 1 saturated heterocycles. The van der Waals surface area contributed by atoms with Gasteiger partial charge in [-0.05, 0) is 46.5 Å². The summed E-state index contributed by atoms with van der Waals surface area (Å²) in [7, 11) is 1.44. The Kier molecular flexibility index (Phi) is 7.90. The topological polar surface area (TPSA) is 62.7 Å². The Labute approximate surface area is 223 Å². The molecule has 1 atom stereocenters. The van der Waals surface area contributed by atoms with Crippen LogP contribution in [0.25, 0.3) is 11.1 Å². The van der Waals surface area contributed by atoms with Gasteiger partial charge in [0.25, 0.3) is 0 Å². The van der Waals surface area contributed by atoms with E-state index in [1.165, 1.54) is 7.11 Å². The number of ether oxygens (including phenoxy) is 1. The van der Waals surface area contributed by atoms with E-state index in [1.54, 1.807) is 12.4 Å². The number of anilines is 1. The maximum absolute atomic E-state index is 13.2. The highest BCUT2D eigenvalue weighted by Crippen LogP contribution is 2.27. The zero-order valence-corrected chi connectivity index (χ0v) is 21.5. The van der Waals surface area contributed by atoms with Crippen molar-refractivity contribution in [2.75, 3.05) is 38.2 Å². The maximum Gasteiger partial charge on any atom is 0.327 e. The molecule has 4 aromatic rings. The van der Waals surface area contributed by atoms with Crippen molar-refractivity contribution >= 4 is 17.4 Å². The van der Waals surface area contributed by atoms with Crippen molar-refractivity contribution in [3.05, 3.63) is 120 Å². The van der Waals surface area contributed by atoms with Gasteiger partial charge in [-0.2, -0.15) is 0 Å². The van der Waals surface area contributed by atoms with Crippen LogP contribution in [-0.4, -0.2) is 54.9 Å². The number of ketones is 1. The number of methoxy groups -OCH3 is 1. The highest BCUT2D eigenvalue weighted by Gasteiger charge is 2.31. The van der Waals surface area contributed by atoms with E-state index in [2.05, 4.69) is 26.9 Å². The van der Waals surface area contributed by atoms with Gasteiger partial charge in [0.05, 0.1) is 7.11 Å². The molecule has 2 heterocycles. The first kappa shape index (κ1) is 25.4. The van der Waals surface area contributed by atoms with Crippen molar-refractivity contribution in [2.24, 2.45) is 0 Å². The van der Waals surface area contributed by atoms with Gasteiger partial charge in [-0.3, -0.25) is 14.7 Å². The fourth-order valence-corrected chi connectivity index (χ4v) is 5.10. The van der Waals surface area contributed by atoms with E-state index in [-0.39, 0.29) is 11.8 Å². The van der Waals surface area contributed by atoms with Gasteiger partial charge in [0.15, 0.2) is 5.78 Å². The first-order valence-electron chi connectivity index (χ1n) is 12.9. The Balaban J connectivity index is 1.23. The third kappa shape index (κ3) is 5.66. The van der Waals surface area contributed by atoms with Gasteiger partial charge in [0, 0.05) is 56.2 Å². The van der Waals surface area contributed by atoms with E-state index in [1.807, 2.05) is 78.9 Å². The van der Waals surface area contributed by atoms with Crippen LogP contribution in [0.15, 0.2) is 103 Å². The van der Waals surface area contributed by atoms with E-state index < -0.39 is 6.04 Å². The number of pyridine rings is 1. The number of rotatable bonds is 8. The van der Waals surface area contributed by atoms with Crippen LogP contribution in [0.1, 0.15) is 27.5 Å². The number of hydrogen-bond donors (Lipinski definition) is 0. The minimum atomic E-state index is -0.397. The van der Waals surface area contributed by atoms with Gasteiger partial charge in [-0.1, -0.05) is 66.7 Å². The van der Waals surface area contributed by atoms with E-state index in [4.69, 9.17) is 4.74 Å². The molecular weight excluding hydrogens is 474 g/mol. The number of esters is 1. The maximum atomic E-state index is 13.2. The molecule has 1 aliphatic rings. The molecule has 0 bridgehead atoms. The number of carbonyl (C=O) groups is 2. The lowest BCUT2D eigenvalue weighted by molar-refractivity contribution is -0.147. The van der Waals surface area contributed by atoms with Gasteiger partial charge in [0.2, 0.25) is 0 Å². The van der Waals surface area contributed by atoms with Gasteiger partial charge >= 0.3 is 5.97 Å². The van der Waals surface area contributed by atoms with E-state index in [9.17, 15) is 9.59 Å². The molecule has 0 spiro atoms. The third-order valence-electron chi connectivity index (χ3n) is 7.10. The molecule has 3 aromatic carbocycles. The molecule has 6 heteroatoms. The minimum absolute atomic E-state index is 0.0912. The summed E-state index contributed by atoms with van der Waals surface area (Å²) in [6.07, 6.45) is 3.83. The SMILES string of the molecule is COC(=O)C(c1ccccc1)N1CCN(c2ccc(CC(=O)c3ccccc3-c3ccncc3)cc2)CC1. The Hall–Kier alpha value is -4.29. The summed E-state index contributed by atoms with van der Waals surface area (Å²) in [5.74, 6) is -0.141. The van der Waals surface area contributed by atoms with Crippen LogP contribution in [0.4, 0.5) is 5.69 Å². The second-order valence-corrected chi connectivity index (χ2v) is 9.41. The molecule has 6 nitrogen and oxygen atoms in total. The van der Waals surface area contributed by atoms with Gasteiger partial charge in [-0.15, -0.1) is 0 Å². The summed E-state index contributed by atoms with van der Waals surface area (Å²) >= 11 is 0. The molecular formula is C32H31N3O3. The fourth-order valence-electron chi connectivity index (χ4n) is 5.10. The molecule has 1 fully saturated rings. The van der Waals surface area contributed by atoms with Crippen LogP contribution < -0.4 is 4.90 Å². The zero-order valence-electron chi connectivity index (χ0n) is 21.5. The number of aromatic nitrogens is 1.